The van der Waals surface area contributed by atoms with Crippen LogP contribution in [0.25, 0.3) is 0 Å². The molecule has 0 aliphatic carbocycles. The van der Waals surface area contributed by atoms with Gasteiger partial charge in [0, 0.05) is 29.8 Å². The number of likely N-dealkylation sites (N-methyl/N-ethyl adjacent to an activating group) is 1. The molecule has 1 heterocycles. The molecule has 0 spiro atoms. The molecule has 1 fully saturated rings. The molecular weight excluding hydrogens is 240 g/mol. The minimum absolute atomic E-state index is 0.144. The molecule has 3 heteroatoms. The number of hydrogen-bond acceptors (Lipinski definition) is 3. The lowest BCUT2D eigenvalue weighted by Crippen LogP contribution is -2.55. The van der Waals surface area contributed by atoms with Crippen molar-refractivity contribution < 1.29 is 0 Å². The fraction of sp³-hybridized carbons (Fsp3) is 0.600. The average Bonchev–Trinajstić information content (AvgIpc) is 2.75. The van der Waals surface area contributed by atoms with E-state index in [-0.39, 0.29) is 5.54 Å². The highest BCUT2D eigenvalue weighted by Gasteiger charge is 2.41. The molecular formula is C15H24N2S. The Bertz CT molecular complexity index is 407. The Morgan fingerprint density at radius 3 is 2.67 bits per heavy atom. The molecule has 2 N–H and O–H groups in total. The first-order valence-corrected chi connectivity index (χ1v) is 7.83. The van der Waals surface area contributed by atoms with Gasteiger partial charge in [-0.2, -0.15) is 11.8 Å². The number of nitrogens with two attached hydrogens (primary N) is 1. The minimum atomic E-state index is 0.144. The van der Waals surface area contributed by atoms with Crippen LogP contribution in [-0.2, 0) is 0 Å². The molecule has 1 aromatic rings. The van der Waals surface area contributed by atoms with Gasteiger partial charge in [-0.1, -0.05) is 25.1 Å². The van der Waals surface area contributed by atoms with Gasteiger partial charge in [-0.3, -0.25) is 0 Å². The largest absolute Gasteiger partial charge is 0.364 e. The summed E-state index contributed by atoms with van der Waals surface area (Å²) in [6, 6.07) is 8.65. The van der Waals surface area contributed by atoms with Gasteiger partial charge < -0.3 is 10.6 Å². The second-order valence-corrected chi connectivity index (χ2v) is 6.71. The number of hydrogen-bond donors (Lipinski definition) is 1. The molecule has 1 aliphatic rings. The van der Waals surface area contributed by atoms with Gasteiger partial charge in [0.1, 0.15) is 0 Å². The normalized spacial score (nSPS) is 27.4. The first kappa shape index (κ1) is 13.8. The van der Waals surface area contributed by atoms with E-state index in [2.05, 4.69) is 61.7 Å². The lowest BCUT2D eigenvalue weighted by molar-refractivity contribution is 0.429. The van der Waals surface area contributed by atoms with Crippen molar-refractivity contribution in [3.63, 3.8) is 0 Å². The minimum Gasteiger partial charge on any atom is -0.364 e. The fourth-order valence-electron chi connectivity index (χ4n) is 3.02. The van der Waals surface area contributed by atoms with Gasteiger partial charge in [-0.05, 0) is 31.9 Å². The topological polar surface area (TPSA) is 29.3 Å². The molecule has 1 aliphatic heterocycles. The Morgan fingerprint density at radius 2 is 2.17 bits per heavy atom. The lowest BCUT2D eigenvalue weighted by Gasteiger charge is -2.42. The Labute approximate surface area is 115 Å². The number of rotatable bonds is 4. The Hall–Kier alpha value is -0.670. The lowest BCUT2D eigenvalue weighted by atomic mass is 9.92. The first-order valence-electron chi connectivity index (χ1n) is 6.78. The van der Waals surface area contributed by atoms with E-state index in [1.54, 1.807) is 0 Å². The highest BCUT2D eigenvalue weighted by Crippen LogP contribution is 2.40. The van der Waals surface area contributed by atoms with Crippen LogP contribution < -0.4 is 10.6 Å². The van der Waals surface area contributed by atoms with Crippen molar-refractivity contribution in [2.75, 3.05) is 23.7 Å². The van der Waals surface area contributed by atoms with Crippen LogP contribution in [0.4, 0.5) is 5.69 Å². The van der Waals surface area contributed by atoms with Crippen LogP contribution in [0, 0.1) is 6.92 Å². The molecule has 0 radical (unpaired) electrons. The summed E-state index contributed by atoms with van der Waals surface area (Å²) in [6.07, 6.45) is 1.19. The quantitative estimate of drug-likeness (QED) is 0.906. The SMILES string of the molecule is CCN(c1ccccc1C)C1(CN)CSC(C)C1. The number of anilines is 1. The molecule has 2 rings (SSSR count). The fourth-order valence-corrected chi connectivity index (χ4v) is 4.43. The van der Waals surface area contributed by atoms with Crippen molar-refractivity contribution >= 4 is 17.4 Å². The van der Waals surface area contributed by atoms with Gasteiger partial charge in [0.2, 0.25) is 0 Å². The number of aryl methyl sites for hydroxylation is 1. The van der Waals surface area contributed by atoms with Crippen molar-refractivity contribution in [3.05, 3.63) is 29.8 Å². The van der Waals surface area contributed by atoms with Gasteiger partial charge in [0.05, 0.1) is 5.54 Å². The zero-order chi connectivity index (χ0) is 13.2. The van der Waals surface area contributed by atoms with Crippen LogP contribution in [0.1, 0.15) is 25.8 Å². The zero-order valence-electron chi connectivity index (χ0n) is 11.6. The van der Waals surface area contributed by atoms with Gasteiger partial charge in [-0.15, -0.1) is 0 Å². The van der Waals surface area contributed by atoms with E-state index in [9.17, 15) is 0 Å². The summed E-state index contributed by atoms with van der Waals surface area (Å²) in [5, 5.41) is 0.714. The molecule has 18 heavy (non-hydrogen) atoms. The third kappa shape index (κ3) is 2.39. The van der Waals surface area contributed by atoms with E-state index >= 15 is 0 Å². The Kier molecular flexibility index (Phi) is 4.23. The van der Waals surface area contributed by atoms with Gasteiger partial charge >= 0.3 is 0 Å². The van der Waals surface area contributed by atoms with Crippen molar-refractivity contribution in [1.82, 2.24) is 0 Å². The van der Waals surface area contributed by atoms with Gasteiger partial charge in [-0.25, -0.2) is 0 Å². The molecule has 0 bridgehead atoms. The first-order chi connectivity index (χ1) is 8.63. The third-order valence-corrected chi connectivity index (χ3v) is 5.42. The molecule has 2 atom stereocenters. The predicted molar refractivity (Wildman–Crippen MR) is 82.5 cm³/mol. The van der Waals surface area contributed by atoms with E-state index in [1.165, 1.54) is 17.7 Å². The monoisotopic (exact) mass is 264 g/mol. The molecule has 0 saturated carbocycles. The number of nitrogens with zero attached hydrogens (tertiary/aromatic N) is 1. The third-order valence-electron chi connectivity index (χ3n) is 3.98. The van der Waals surface area contributed by atoms with Crippen LogP contribution in [0.2, 0.25) is 0 Å². The predicted octanol–water partition coefficient (Wildman–Crippen LogP) is 3.04. The molecule has 2 unspecified atom stereocenters. The van der Waals surface area contributed by atoms with Crippen LogP contribution >= 0.6 is 11.8 Å². The number of para-hydroxylation sites is 1. The highest BCUT2D eigenvalue weighted by molar-refractivity contribution is 8.00. The van der Waals surface area contributed by atoms with E-state index in [1.807, 2.05) is 0 Å². The van der Waals surface area contributed by atoms with Crippen molar-refractivity contribution in [3.8, 4) is 0 Å². The van der Waals surface area contributed by atoms with Crippen molar-refractivity contribution in [1.29, 1.82) is 0 Å². The molecule has 2 nitrogen and oxygen atoms in total. The molecule has 100 valence electrons. The van der Waals surface area contributed by atoms with E-state index < -0.39 is 0 Å². The maximum absolute atomic E-state index is 6.14. The summed E-state index contributed by atoms with van der Waals surface area (Å²) in [7, 11) is 0. The maximum Gasteiger partial charge on any atom is 0.0624 e. The molecule has 0 aromatic heterocycles. The summed E-state index contributed by atoms with van der Waals surface area (Å²) >= 11 is 2.05. The standard InChI is InChI=1S/C15H24N2S/c1-4-17(14-8-6-5-7-12(14)2)15(10-16)9-13(3)18-11-15/h5-8,13H,4,9-11,16H2,1-3H3. The molecule has 1 saturated heterocycles. The van der Waals surface area contributed by atoms with Crippen LogP contribution in [0.5, 0.6) is 0 Å². The summed E-state index contributed by atoms with van der Waals surface area (Å²) in [5.41, 5.74) is 8.98. The number of benzene rings is 1. The second-order valence-electron chi connectivity index (χ2n) is 5.28. The Balaban J connectivity index is 2.36. The van der Waals surface area contributed by atoms with Crippen LogP contribution in [-0.4, -0.2) is 29.6 Å². The van der Waals surface area contributed by atoms with Gasteiger partial charge in [0.25, 0.3) is 0 Å². The van der Waals surface area contributed by atoms with E-state index in [4.69, 9.17) is 5.73 Å². The van der Waals surface area contributed by atoms with Crippen molar-refractivity contribution in [2.24, 2.45) is 5.73 Å². The Morgan fingerprint density at radius 1 is 1.44 bits per heavy atom. The summed E-state index contributed by atoms with van der Waals surface area (Å²) in [4.78, 5) is 2.53. The summed E-state index contributed by atoms with van der Waals surface area (Å²) in [6.45, 7) is 8.50. The summed E-state index contributed by atoms with van der Waals surface area (Å²) in [5.74, 6) is 1.15. The molecule has 0 amide bonds. The average molecular weight is 264 g/mol. The van der Waals surface area contributed by atoms with E-state index in [0.29, 0.717) is 5.25 Å². The summed E-state index contributed by atoms with van der Waals surface area (Å²) < 4.78 is 0. The maximum atomic E-state index is 6.14. The van der Waals surface area contributed by atoms with Crippen molar-refractivity contribution in [2.45, 2.75) is 38.0 Å². The number of thioether (sulfide) groups is 1. The second kappa shape index (κ2) is 5.54. The van der Waals surface area contributed by atoms with Gasteiger partial charge in [0.15, 0.2) is 0 Å². The smallest absolute Gasteiger partial charge is 0.0624 e. The van der Waals surface area contributed by atoms with Crippen LogP contribution in [0.15, 0.2) is 24.3 Å². The molecule has 1 aromatic carbocycles. The highest BCUT2D eigenvalue weighted by atomic mass is 32.2. The van der Waals surface area contributed by atoms with Crippen LogP contribution in [0.3, 0.4) is 0 Å². The van der Waals surface area contributed by atoms with E-state index in [0.717, 1.165) is 18.8 Å². The zero-order valence-corrected chi connectivity index (χ0v) is 12.5.